The molecule has 1 N–H and O–H groups in total. The second-order valence-corrected chi connectivity index (χ2v) is 6.10. The van der Waals surface area contributed by atoms with Crippen LogP contribution in [-0.2, 0) is 16.1 Å². The number of hydrogen-bond acceptors (Lipinski definition) is 5. The molecule has 0 saturated carbocycles. The highest BCUT2D eigenvalue weighted by atomic mass is 16.5. The molecule has 0 fully saturated rings. The molecule has 0 unspecified atom stereocenters. The molecule has 28 heavy (non-hydrogen) atoms. The maximum Gasteiger partial charge on any atom is 0.261 e. The number of nitrogens with zero attached hydrogens (tertiary/aromatic N) is 1. The minimum Gasteiger partial charge on any atom is -0.497 e. The Morgan fingerprint density at radius 3 is 2.39 bits per heavy atom. The molecule has 1 atom stereocenters. The molecule has 2 aromatic rings. The number of carbonyl (C=O) groups excluding carboxylic acids is 2. The lowest BCUT2D eigenvalue weighted by molar-refractivity contribution is -0.142. The highest BCUT2D eigenvalue weighted by Crippen LogP contribution is 2.26. The SMILES string of the molecule is CNC(=O)[C@H](C)N(Cc1cccc(OC)c1)C(=O)COc1ccccc1OC. The van der Waals surface area contributed by atoms with Crippen molar-refractivity contribution in [2.24, 2.45) is 0 Å². The third-order valence-corrected chi connectivity index (χ3v) is 4.32. The molecule has 0 radical (unpaired) electrons. The number of rotatable bonds is 9. The minimum atomic E-state index is -0.662. The average molecular weight is 386 g/mol. The Balaban J connectivity index is 2.17. The first-order valence-electron chi connectivity index (χ1n) is 8.90. The van der Waals surface area contributed by atoms with Gasteiger partial charge in [-0.1, -0.05) is 24.3 Å². The molecule has 7 heteroatoms. The number of hydrogen-bond donors (Lipinski definition) is 1. The van der Waals surface area contributed by atoms with Crippen molar-refractivity contribution in [2.45, 2.75) is 19.5 Å². The predicted molar refractivity (Wildman–Crippen MR) is 106 cm³/mol. The van der Waals surface area contributed by atoms with Crippen LogP contribution < -0.4 is 19.5 Å². The second kappa shape index (κ2) is 10.2. The molecule has 0 bridgehead atoms. The Morgan fingerprint density at radius 1 is 1.04 bits per heavy atom. The van der Waals surface area contributed by atoms with Gasteiger partial charge in [-0.15, -0.1) is 0 Å². The first kappa shape index (κ1) is 21.1. The number of ether oxygens (including phenoxy) is 3. The third-order valence-electron chi connectivity index (χ3n) is 4.32. The van der Waals surface area contributed by atoms with E-state index in [0.29, 0.717) is 17.2 Å². The van der Waals surface area contributed by atoms with E-state index in [0.717, 1.165) is 5.56 Å². The molecular formula is C21H26N2O5. The van der Waals surface area contributed by atoms with E-state index in [1.165, 1.54) is 12.0 Å². The van der Waals surface area contributed by atoms with Gasteiger partial charge in [0.25, 0.3) is 5.91 Å². The molecule has 0 aromatic heterocycles. The van der Waals surface area contributed by atoms with Crippen molar-refractivity contribution in [3.63, 3.8) is 0 Å². The summed E-state index contributed by atoms with van der Waals surface area (Å²) in [6.07, 6.45) is 0. The van der Waals surface area contributed by atoms with Crippen molar-refractivity contribution in [3.8, 4) is 17.2 Å². The first-order chi connectivity index (χ1) is 13.5. The van der Waals surface area contributed by atoms with Crippen molar-refractivity contribution in [1.29, 1.82) is 0 Å². The van der Waals surface area contributed by atoms with Crippen LogP contribution in [0.4, 0.5) is 0 Å². The van der Waals surface area contributed by atoms with Crippen molar-refractivity contribution in [1.82, 2.24) is 10.2 Å². The number of amides is 2. The largest absolute Gasteiger partial charge is 0.497 e. The molecule has 0 aliphatic carbocycles. The Bertz CT molecular complexity index is 809. The molecule has 0 heterocycles. The summed E-state index contributed by atoms with van der Waals surface area (Å²) in [6, 6.07) is 13.8. The summed E-state index contributed by atoms with van der Waals surface area (Å²) in [5.74, 6) is 1.11. The van der Waals surface area contributed by atoms with Gasteiger partial charge < -0.3 is 24.4 Å². The summed E-state index contributed by atoms with van der Waals surface area (Å²) >= 11 is 0. The van der Waals surface area contributed by atoms with Gasteiger partial charge in [-0.3, -0.25) is 9.59 Å². The number of para-hydroxylation sites is 2. The number of benzene rings is 2. The Kier molecular flexibility index (Phi) is 7.68. The number of nitrogens with one attached hydrogen (secondary N) is 1. The van der Waals surface area contributed by atoms with Crippen LogP contribution in [0.5, 0.6) is 17.2 Å². The molecule has 0 saturated heterocycles. The monoisotopic (exact) mass is 386 g/mol. The molecule has 2 rings (SSSR count). The van der Waals surface area contributed by atoms with Crippen LogP contribution >= 0.6 is 0 Å². The van der Waals surface area contributed by atoms with Crippen LogP contribution in [0.25, 0.3) is 0 Å². The minimum absolute atomic E-state index is 0.217. The number of methoxy groups -OCH3 is 2. The van der Waals surface area contributed by atoms with Crippen LogP contribution in [0.3, 0.4) is 0 Å². The van der Waals surface area contributed by atoms with Gasteiger partial charge in [0.2, 0.25) is 5.91 Å². The Labute approximate surface area is 165 Å². The van der Waals surface area contributed by atoms with Gasteiger partial charge in [-0.05, 0) is 36.8 Å². The summed E-state index contributed by atoms with van der Waals surface area (Å²) in [4.78, 5) is 26.5. The van der Waals surface area contributed by atoms with Crippen LogP contribution in [-0.4, -0.2) is 50.6 Å². The van der Waals surface area contributed by atoms with E-state index in [-0.39, 0.29) is 25.0 Å². The normalized spacial score (nSPS) is 11.3. The number of carbonyl (C=O) groups is 2. The van der Waals surface area contributed by atoms with Gasteiger partial charge in [0.1, 0.15) is 11.8 Å². The molecule has 0 spiro atoms. The Morgan fingerprint density at radius 2 is 1.75 bits per heavy atom. The fourth-order valence-electron chi connectivity index (χ4n) is 2.72. The van der Waals surface area contributed by atoms with E-state index in [1.807, 2.05) is 30.3 Å². The van der Waals surface area contributed by atoms with E-state index in [4.69, 9.17) is 14.2 Å². The maximum atomic E-state index is 12.9. The van der Waals surface area contributed by atoms with Gasteiger partial charge in [-0.2, -0.15) is 0 Å². The smallest absolute Gasteiger partial charge is 0.261 e. The molecule has 150 valence electrons. The van der Waals surface area contributed by atoms with Crippen LogP contribution in [0.2, 0.25) is 0 Å². The highest BCUT2D eigenvalue weighted by molar-refractivity contribution is 5.87. The van der Waals surface area contributed by atoms with Crippen molar-refractivity contribution >= 4 is 11.8 Å². The number of likely N-dealkylation sites (N-methyl/N-ethyl adjacent to an activating group) is 1. The summed E-state index contributed by atoms with van der Waals surface area (Å²) in [5.41, 5.74) is 0.848. The van der Waals surface area contributed by atoms with Crippen LogP contribution in [0, 0.1) is 0 Å². The fourth-order valence-corrected chi connectivity index (χ4v) is 2.72. The molecule has 0 aliphatic heterocycles. The zero-order chi connectivity index (χ0) is 20.5. The van der Waals surface area contributed by atoms with E-state index in [9.17, 15) is 9.59 Å². The second-order valence-electron chi connectivity index (χ2n) is 6.10. The zero-order valence-electron chi connectivity index (χ0n) is 16.6. The molecule has 0 aliphatic rings. The summed E-state index contributed by atoms with van der Waals surface area (Å²) < 4.78 is 16.1. The van der Waals surface area contributed by atoms with Gasteiger partial charge in [0.15, 0.2) is 18.1 Å². The van der Waals surface area contributed by atoms with E-state index >= 15 is 0 Å². The summed E-state index contributed by atoms with van der Waals surface area (Å²) in [6.45, 7) is 1.71. The lowest BCUT2D eigenvalue weighted by Gasteiger charge is -2.28. The van der Waals surface area contributed by atoms with Gasteiger partial charge in [0, 0.05) is 13.6 Å². The van der Waals surface area contributed by atoms with Gasteiger partial charge >= 0.3 is 0 Å². The maximum absolute atomic E-state index is 12.9. The van der Waals surface area contributed by atoms with Gasteiger partial charge in [-0.25, -0.2) is 0 Å². The standard InChI is InChI=1S/C21H26N2O5/c1-15(21(25)22-2)23(13-16-8-7-9-17(12-16)26-3)20(24)14-28-19-11-6-5-10-18(19)27-4/h5-12,15H,13-14H2,1-4H3,(H,22,25)/t15-/m0/s1. The Hall–Kier alpha value is -3.22. The van der Waals surface area contributed by atoms with Crippen molar-refractivity contribution in [3.05, 3.63) is 54.1 Å². The van der Waals surface area contributed by atoms with Crippen LogP contribution in [0.1, 0.15) is 12.5 Å². The third kappa shape index (κ3) is 5.39. The van der Waals surface area contributed by atoms with Gasteiger partial charge in [0.05, 0.1) is 14.2 Å². The topological polar surface area (TPSA) is 77.1 Å². The van der Waals surface area contributed by atoms with E-state index in [1.54, 1.807) is 39.3 Å². The predicted octanol–water partition coefficient (Wildman–Crippen LogP) is 2.25. The van der Waals surface area contributed by atoms with Crippen molar-refractivity contribution in [2.75, 3.05) is 27.9 Å². The van der Waals surface area contributed by atoms with E-state index < -0.39 is 6.04 Å². The quantitative estimate of drug-likeness (QED) is 0.715. The van der Waals surface area contributed by atoms with Crippen molar-refractivity contribution < 1.29 is 23.8 Å². The lowest BCUT2D eigenvalue weighted by Crippen LogP contribution is -2.48. The summed E-state index contributed by atoms with van der Waals surface area (Å²) in [7, 11) is 4.65. The molecule has 2 aromatic carbocycles. The molecule has 2 amide bonds. The van der Waals surface area contributed by atoms with E-state index in [2.05, 4.69) is 5.32 Å². The zero-order valence-corrected chi connectivity index (χ0v) is 16.6. The van der Waals surface area contributed by atoms with Crippen LogP contribution in [0.15, 0.2) is 48.5 Å². The fraction of sp³-hybridized carbons (Fsp3) is 0.333. The molecule has 7 nitrogen and oxygen atoms in total. The average Bonchev–Trinajstić information content (AvgIpc) is 2.74. The lowest BCUT2D eigenvalue weighted by atomic mass is 10.1. The molecular weight excluding hydrogens is 360 g/mol. The highest BCUT2D eigenvalue weighted by Gasteiger charge is 2.26. The first-order valence-corrected chi connectivity index (χ1v) is 8.90. The summed E-state index contributed by atoms with van der Waals surface area (Å²) in [5, 5.41) is 2.58.